The fraction of sp³-hybridized carbons (Fsp3) is 0.333. The molecule has 2 aromatic rings. The van der Waals surface area contributed by atoms with Crippen molar-refractivity contribution in [1.29, 1.82) is 0 Å². The second-order valence-corrected chi connectivity index (χ2v) is 4.01. The maximum Gasteiger partial charge on any atom is 0.320 e. The van der Waals surface area contributed by atoms with E-state index in [9.17, 15) is 4.39 Å². The molecular formula is C12H15FN4O. The van der Waals surface area contributed by atoms with Crippen molar-refractivity contribution in [2.24, 2.45) is 0 Å². The lowest BCUT2D eigenvalue weighted by Gasteiger charge is -2.06. The topological polar surface area (TPSA) is 63.0 Å². The molecule has 1 atom stereocenters. The second kappa shape index (κ2) is 5.14. The van der Waals surface area contributed by atoms with Gasteiger partial charge in [-0.05, 0) is 32.5 Å². The van der Waals surface area contributed by atoms with Crippen molar-refractivity contribution in [3.05, 3.63) is 35.5 Å². The normalized spacial score (nSPS) is 12.4. The summed E-state index contributed by atoms with van der Waals surface area (Å²) in [5.74, 6) is 0.102. The van der Waals surface area contributed by atoms with E-state index in [1.54, 1.807) is 26.1 Å². The molecule has 2 N–H and O–H groups in total. The standard InChI is InChI=1S/C12H15FN4O/c1-7-5-4-6-9(13)10(7)15-12-17-16-11(18-12)8(2)14-3/h4-6,8,14H,1-3H3,(H,15,17). The first-order chi connectivity index (χ1) is 8.61. The first kappa shape index (κ1) is 12.5. The molecule has 96 valence electrons. The quantitative estimate of drug-likeness (QED) is 0.873. The van der Waals surface area contributed by atoms with Gasteiger partial charge in [-0.3, -0.25) is 0 Å². The minimum absolute atomic E-state index is 0.0465. The van der Waals surface area contributed by atoms with E-state index in [0.717, 1.165) is 5.56 Å². The number of anilines is 2. The first-order valence-corrected chi connectivity index (χ1v) is 5.64. The molecule has 2 rings (SSSR count). The maximum atomic E-state index is 13.6. The van der Waals surface area contributed by atoms with Crippen LogP contribution in [0.1, 0.15) is 24.4 Å². The van der Waals surface area contributed by atoms with Crippen LogP contribution in [0.2, 0.25) is 0 Å². The van der Waals surface area contributed by atoms with Crippen LogP contribution in [-0.4, -0.2) is 17.2 Å². The number of hydrogen-bond donors (Lipinski definition) is 2. The van der Waals surface area contributed by atoms with E-state index in [2.05, 4.69) is 20.8 Å². The van der Waals surface area contributed by atoms with Crippen LogP contribution in [0.4, 0.5) is 16.1 Å². The number of para-hydroxylation sites is 1. The summed E-state index contributed by atoms with van der Waals surface area (Å²) in [6.45, 7) is 3.70. The summed E-state index contributed by atoms with van der Waals surface area (Å²) in [5, 5.41) is 13.5. The summed E-state index contributed by atoms with van der Waals surface area (Å²) in [6, 6.07) is 4.97. The molecule has 0 amide bonds. The van der Waals surface area contributed by atoms with E-state index in [1.165, 1.54) is 6.07 Å². The van der Waals surface area contributed by atoms with Gasteiger partial charge in [0, 0.05) is 0 Å². The fourth-order valence-electron chi connectivity index (χ4n) is 1.48. The van der Waals surface area contributed by atoms with Crippen molar-refractivity contribution >= 4 is 11.7 Å². The third-order valence-corrected chi connectivity index (χ3v) is 2.70. The molecule has 1 unspecified atom stereocenters. The number of nitrogens with one attached hydrogen (secondary N) is 2. The highest BCUT2D eigenvalue weighted by Crippen LogP contribution is 2.23. The Hall–Kier alpha value is -1.95. The molecule has 0 aliphatic carbocycles. The van der Waals surface area contributed by atoms with Gasteiger partial charge in [0.2, 0.25) is 5.89 Å². The summed E-state index contributed by atoms with van der Waals surface area (Å²) >= 11 is 0. The number of benzene rings is 1. The van der Waals surface area contributed by atoms with Crippen molar-refractivity contribution in [1.82, 2.24) is 15.5 Å². The average molecular weight is 250 g/mol. The van der Waals surface area contributed by atoms with E-state index in [0.29, 0.717) is 11.6 Å². The fourth-order valence-corrected chi connectivity index (χ4v) is 1.48. The molecule has 1 heterocycles. The number of hydrogen-bond acceptors (Lipinski definition) is 5. The summed E-state index contributed by atoms with van der Waals surface area (Å²) in [4.78, 5) is 0. The largest absolute Gasteiger partial charge is 0.406 e. The number of aryl methyl sites for hydroxylation is 1. The predicted octanol–water partition coefficient (Wildman–Crippen LogP) is 2.54. The SMILES string of the molecule is CNC(C)c1nnc(Nc2c(C)cccc2F)o1. The smallest absolute Gasteiger partial charge is 0.320 e. The zero-order valence-corrected chi connectivity index (χ0v) is 10.5. The molecule has 18 heavy (non-hydrogen) atoms. The highest BCUT2D eigenvalue weighted by Gasteiger charge is 2.13. The molecule has 0 fully saturated rings. The zero-order chi connectivity index (χ0) is 13.1. The average Bonchev–Trinajstić information content (AvgIpc) is 2.81. The minimum Gasteiger partial charge on any atom is -0.406 e. The van der Waals surface area contributed by atoms with Crippen LogP contribution in [-0.2, 0) is 0 Å². The monoisotopic (exact) mass is 250 g/mol. The highest BCUT2D eigenvalue weighted by atomic mass is 19.1. The highest BCUT2D eigenvalue weighted by molar-refractivity contribution is 5.57. The predicted molar refractivity (Wildman–Crippen MR) is 66.2 cm³/mol. The lowest BCUT2D eigenvalue weighted by molar-refractivity contribution is 0.443. The Morgan fingerprint density at radius 2 is 2.11 bits per heavy atom. The molecule has 5 nitrogen and oxygen atoms in total. The molecule has 0 radical (unpaired) electrons. The van der Waals surface area contributed by atoms with Crippen LogP contribution in [0.3, 0.4) is 0 Å². The van der Waals surface area contributed by atoms with Gasteiger partial charge in [0.15, 0.2) is 0 Å². The van der Waals surface area contributed by atoms with Crippen molar-refractivity contribution in [3.8, 4) is 0 Å². The summed E-state index contributed by atoms with van der Waals surface area (Å²) in [6.07, 6.45) is 0. The lowest BCUT2D eigenvalue weighted by atomic mass is 10.2. The van der Waals surface area contributed by atoms with Crippen molar-refractivity contribution in [2.45, 2.75) is 19.9 Å². The third-order valence-electron chi connectivity index (χ3n) is 2.70. The summed E-state index contributed by atoms with van der Waals surface area (Å²) in [7, 11) is 1.79. The molecule has 0 aliphatic rings. The van der Waals surface area contributed by atoms with Gasteiger partial charge in [0.1, 0.15) is 5.82 Å². The number of rotatable bonds is 4. The Labute approximate surface area is 104 Å². The Morgan fingerprint density at radius 3 is 2.78 bits per heavy atom. The van der Waals surface area contributed by atoms with Crippen LogP contribution < -0.4 is 10.6 Å². The molecule has 0 bridgehead atoms. The van der Waals surface area contributed by atoms with E-state index >= 15 is 0 Å². The molecule has 1 aromatic heterocycles. The molecule has 0 spiro atoms. The van der Waals surface area contributed by atoms with Crippen molar-refractivity contribution in [2.75, 3.05) is 12.4 Å². The maximum absolute atomic E-state index is 13.6. The van der Waals surface area contributed by atoms with E-state index < -0.39 is 0 Å². The number of halogens is 1. The number of nitrogens with zero attached hydrogens (tertiary/aromatic N) is 2. The van der Waals surface area contributed by atoms with Crippen LogP contribution >= 0.6 is 0 Å². The first-order valence-electron chi connectivity index (χ1n) is 5.64. The molecule has 1 aromatic carbocycles. The zero-order valence-electron chi connectivity index (χ0n) is 10.5. The van der Waals surface area contributed by atoms with E-state index in [-0.39, 0.29) is 17.9 Å². The molecule has 0 aliphatic heterocycles. The van der Waals surface area contributed by atoms with Gasteiger partial charge >= 0.3 is 6.01 Å². The Bertz CT molecular complexity index is 520. The van der Waals surface area contributed by atoms with Crippen LogP contribution in [0.5, 0.6) is 0 Å². The van der Waals surface area contributed by atoms with Gasteiger partial charge < -0.3 is 15.1 Å². The minimum atomic E-state index is -0.351. The van der Waals surface area contributed by atoms with E-state index in [1.807, 2.05) is 6.92 Å². The van der Waals surface area contributed by atoms with Gasteiger partial charge in [-0.2, -0.15) is 0 Å². The molecule has 0 saturated heterocycles. The summed E-state index contributed by atoms with van der Waals surface area (Å²) in [5.41, 5.74) is 1.13. The molecule has 0 saturated carbocycles. The van der Waals surface area contributed by atoms with Crippen LogP contribution in [0.25, 0.3) is 0 Å². The third kappa shape index (κ3) is 2.48. The molecule has 6 heteroatoms. The Balaban J connectivity index is 2.21. The summed E-state index contributed by atoms with van der Waals surface area (Å²) < 4.78 is 19.0. The van der Waals surface area contributed by atoms with Crippen LogP contribution in [0, 0.1) is 12.7 Å². The van der Waals surface area contributed by atoms with Crippen molar-refractivity contribution in [3.63, 3.8) is 0 Å². The lowest BCUT2D eigenvalue weighted by Crippen LogP contribution is -2.12. The van der Waals surface area contributed by atoms with E-state index in [4.69, 9.17) is 4.42 Å². The van der Waals surface area contributed by atoms with Gasteiger partial charge in [0.05, 0.1) is 11.7 Å². The van der Waals surface area contributed by atoms with Crippen molar-refractivity contribution < 1.29 is 8.81 Å². The Kier molecular flexibility index (Phi) is 3.57. The van der Waals surface area contributed by atoms with Gasteiger partial charge in [-0.1, -0.05) is 17.2 Å². The molecular weight excluding hydrogens is 235 g/mol. The van der Waals surface area contributed by atoms with Gasteiger partial charge in [-0.25, -0.2) is 4.39 Å². The van der Waals surface area contributed by atoms with Crippen LogP contribution in [0.15, 0.2) is 22.6 Å². The van der Waals surface area contributed by atoms with Gasteiger partial charge in [-0.15, -0.1) is 5.10 Å². The Morgan fingerprint density at radius 1 is 1.33 bits per heavy atom. The number of aromatic nitrogens is 2. The second-order valence-electron chi connectivity index (χ2n) is 4.01. The van der Waals surface area contributed by atoms with Gasteiger partial charge in [0.25, 0.3) is 0 Å².